The molecule has 0 aliphatic rings. The van der Waals surface area contributed by atoms with E-state index in [0.717, 1.165) is 25.2 Å². The SMILES string of the molecule is CCN(CC)Cc1cccc(NC(=O)c2ccc(N)c([N+](=O)[O-])c2)c1. The zero-order valence-corrected chi connectivity index (χ0v) is 14.4. The number of carbonyl (C=O) groups is 1. The fraction of sp³-hybridized carbons (Fsp3) is 0.278. The van der Waals surface area contributed by atoms with E-state index >= 15 is 0 Å². The van der Waals surface area contributed by atoms with Crippen molar-refractivity contribution in [2.45, 2.75) is 20.4 Å². The minimum absolute atomic E-state index is 0.0303. The molecule has 0 radical (unpaired) electrons. The number of nitrogens with two attached hydrogens (primary N) is 1. The first-order valence-corrected chi connectivity index (χ1v) is 8.11. The van der Waals surface area contributed by atoms with Crippen LogP contribution in [0.5, 0.6) is 0 Å². The predicted octanol–water partition coefficient (Wildman–Crippen LogP) is 3.27. The molecule has 25 heavy (non-hydrogen) atoms. The van der Waals surface area contributed by atoms with Gasteiger partial charge in [0.25, 0.3) is 11.6 Å². The maximum absolute atomic E-state index is 12.4. The molecule has 2 aromatic rings. The monoisotopic (exact) mass is 342 g/mol. The molecule has 7 nitrogen and oxygen atoms in total. The molecule has 0 saturated carbocycles. The van der Waals surface area contributed by atoms with Crippen molar-refractivity contribution in [1.82, 2.24) is 4.90 Å². The summed E-state index contributed by atoms with van der Waals surface area (Å²) in [6, 6.07) is 11.6. The molecule has 0 aliphatic carbocycles. The van der Waals surface area contributed by atoms with Gasteiger partial charge in [-0.05, 0) is 42.9 Å². The quantitative estimate of drug-likeness (QED) is 0.457. The normalized spacial score (nSPS) is 10.7. The highest BCUT2D eigenvalue weighted by atomic mass is 16.6. The number of nitrogens with one attached hydrogen (secondary N) is 1. The van der Waals surface area contributed by atoms with Gasteiger partial charge in [-0.15, -0.1) is 0 Å². The molecule has 0 heterocycles. The summed E-state index contributed by atoms with van der Waals surface area (Å²) in [7, 11) is 0. The summed E-state index contributed by atoms with van der Waals surface area (Å²) >= 11 is 0. The number of nitrogen functional groups attached to an aromatic ring is 1. The molecular weight excluding hydrogens is 320 g/mol. The van der Waals surface area contributed by atoms with E-state index < -0.39 is 10.8 Å². The lowest BCUT2D eigenvalue weighted by atomic mass is 10.1. The smallest absolute Gasteiger partial charge is 0.292 e. The molecule has 0 atom stereocenters. The van der Waals surface area contributed by atoms with Gasteiger partial charge in [-0.3, -0.25) is 19.8 Å². The van der Waals surface area contributed by atoms with E-state index in [1.807, 2.05) is 18.2 Å². The Labute approximate surface area is 146 Å². The second-order valence-electron chi connectivity index (χ2n) is 5.65. The average Bonchev–Trinajstić information content (AvgIpc) is 2.60. The van der Waals surface area contributed by atoms with E-state index in [-0.39, 0.29) is 16.9 Å². The molecular formula is C18H22N4O3. The number of nitro benzene ring substituents is 1. The Balaban J connectivity index is 2.15. The van der Waals surface area contributed by atoms with Gasteiger partial charge < -0.3 is 11.1 Å². The van der Waals surface area contributed by atoms with Crippen LogP contribution in [-0.2, 0) is 6.54 Å². The number of anilines is 2. The Morgan fingerprint density at radius 2 is 1.92 bits per heavy atom. The lowest BCUT2D eigenvalue weighted by Crippen LogP contribution is -2.22. The van der Waals surface area contributed by atoms with Gasteiger partial charge >= 0.3 is 0 Å². The third-order valence-electron chi connectivity index (χ3n) is 3.97. The minimum atomic E-state index is -0.600. The van der Waals surface area contributed by atoms with Crippen molar-refractivity contribution in [2.24, 2.45) is 0 Å². The van der Waals surface area contributed by atoms with Crippen LogP contribution >= 0.6 is 0 Å². The minimum Gasteiger partial charge on any atom is -0.393 e. The zero-order valence-electron chi connectivity index (χ0n) is 14.4. The molecule has 0 aliphatic heterocycles. The number of nitrogens with zero attached hydrogens (tertiary/aromatic N) is 2. The molecule has 2 aromatic carbocycles. The Hall–Kier alpha value is -2.93. The molecule has 1 amide bonds. The van der Waals surface area contributed by atoms with E-state index in [0.29, 0.717) is 5.69 Å². The van der Waals surface area contributed by atoms with Gasteiger partial charge in [-0.2, -0.15) is 0 Å². The molecule has 0 aromatic heterocycles. The van der Waals surface area contributed by atoms with Crippen molar-refractivity contribution in [1.29, 1.82) is 0 Å². The van der Waals surface area contributed by atoms with Crippen molar-refractivity contribution >= 4 is 23.0 Å². The van der Waals surface area contributed by atoms with Crippen LogP contribution in [0.1, 0.15) is 29.8 Å². The summed E-state index contributed by atoms with van der Waals surface area (Å²) in [6.07, 6.45) is 0. The van der Waals surface area contributed by atoms with Gasteiger partial charge in [0, 0.05) is 23.9 Å². The van der Waals surface area contributed by atoms with Gasteiger partial charge in [0.05, 0.1) is 4.92 Å². The zero-order chi connectivity index (χ0) is 18.4. The highest BCUT2D eigenvalue weighted by Crippen LogP contribution is 2.23. The number of benzene rings is 2. The first-order chi connectivity index (χ1) is 11.9. The molecule has 0 spiro atoms. The number of amides is 1. The Morgan fingerprint density at radius 3 is 2.56 bits per heavy atom. The number of carbonyl (C=O) groups excluding carboxylic acids is 1. The van der Waals surface area contributed by atoms with Crippen LogP contribution in [0, 0.1) is 10.1 Å². The standard InChI is InChI=1S/C18H22N4O3/c1-3-21(4-2)12-13-6-5-7-15(10-13)20-18(23)14-8-9-16(19)17(11-14)22(24)25/h5-11H,3-4,12,19H2,1-2H3,(H,20,23). The van der Waals surface area contributed by atoms with Crippen LogP contribution in [0.15, 0.2) is 42.5 Å². The van der Waals surface area contributed by atoms with Crippen molar-refractivity contribution < 1.29 is 9.72 Å². The Kier molecular flexibility index (Phi) is 6.08. The molecule has 3 N–H and O–H groups in total. The van der Waals surface area contributed by atoms with Gasteiger partial charge in [0.1, 0.15) is 5.69 Å². The summed E-state index contributed by atoms with van der Waals surface area (Å²) in [5.41, 5.74) is 7.24. The van der Waals surface area contributed by atoms with Crippen LogP contribution in [-0.4, -0.2) is 28.8 Å². The van der Waals surface area contributed by atoms with E-state index in [4.69, 9.17) is 5.73 Å². The fourth-order valence-electron chi connectivity index (χ4n) is 2.50. The second kappa shape index (κ2) is 8.25. The summed E-state index contributed by atoms with van der Waals surface area (Å²) in [4.78, 5) is 25.0. The van der Waals surface area contributed by atoms with Crippen molar-refractivity contribution in [3.8, 4) is 0 Å². The van der Waals surface area contributed by atoms with Crippen molar-refractivity contribution in [2.75, 3.05) is 24.1 Å². The maximum atomic E-state index is 12.4. The van der Waals surface area contributed by atoms with Crippen molar-refractivity contribution in [3.05, 3.63) is 63.7 Å². The molecule has 0 bridgehead atoms. The van der Waals surface area contributed by atoms with Crippen LogP contribution in [0.4, 0.5) is 17.1 Å². The number of hydrogen-bond donors (Lipinski definition) is 2. The fourth-order valence-corrected chi connectivity index (χ4v) is 2.50. The van der Waals surface area contributed by atoms with Gasteiger partial charge in [-0.25, -0.2) is 0 Å². The van der Waals surface area contributed by atoms with E-state index in [9.17, 15) is 14.9 Å². The third kappa shape index (κ3) is 4.77. The first-order valence-electron chi connectivity index (χ1n) is 8.11. The summed E-state index contributed by atoms with van der Waals surface area (Å²) < 4.78 is 0. The highest BCUT2D eigenvalue weighted by Gasteiger charge is 2.16. The number of rotatable bonds is 7. The van der Waals surface area contributed by atoms with Crippen molar-refractivity contribution in [3.63, 3.8) is 0 Å². The Bertz CT molecular complexity index is 773. The molecule has 2 rings (SSSR count). The van der Waals surface area contributed by atoms with Gasteiger partial charge in [0.2, 0.25) is 0 Å². The van der Waals surface area contributed by atoms with E-state index in [2.05, 4.69) is 24.1 Å². The van der Waals surface area contributed by atoms with Crippen LogP contribution in [0.3, 0.4) is 0 Å². The van der Waals surface area contributed by atoms with Crippen LogP contribution in [0.2, 0.25) is 0 Å². The van der Waals surface area contributed by atoms with E-state index in [1.54, 1.807) is 6.07 Å². The molecule has 132 valence electrons. The molecule has 0 saturated heterocycles. The van der Waals surface area contributed by atoms with Crippen LogP contribution < -0.4 is 11.1 Å². The third-order valence-corrected chi connectivity index (χ3v) is 3.97. The first kappa shape index (κ1) is 18.4. The molecule has 0 unspecified atom stereocenters. The topological polar surface area (TPSA) is 102 Å². The lowest BCUT2D eigenvalue weighted by Gasteiger charge is -2.18. The molecule has 7 heteroatoms. The average molecular weight is 342 g/mol. The Morgan fingerprint density at radius 1 is 1.20 bits per heavy atom. The summed E-state index contributed by atoms with van der Waals surface area (Å²) in [6.45, 7) is 6.89. The summed E-state index contributed by atoms with van der Waals surface area (Å²) in [5.74, 6) is -0.414. The second-order valence-corrected chi connectivity index (χ2v) is 5.65. The predicted molar refractivity (Wildman–Crippen MR) is 98.5 cm³/mol. The van der Waals surface area contributed by atoms with Crippen LogP contribution in [0.25, 0.3) is 0 Å². The van der Waals surface area contributed by atoms with E-state index in [1.165, 1.54) is 18.2 Å². The molecule has 0 fully saturated rings. The number of hydrogen-bond acceptors (Lipinski definition) is 5. The van der Waals surface area contributed by atoms with Gasteiger partial charge in [0.15, 0.2) is 0 Å². The van der Waals surface area contributed by atoms with Gasteiger partial charge in [-0.1, -0.05) is 26.0 Å². The number of nitro groups is 1. The highest BCUT2D eigenvalue weighted by molar-refractivity contribution is 6.05. The largest absolute Gasteiger partial charge is 0.393 e. The lowest BCUT2D eigenvalue weighted by molar-refractivity contribution is -0.383. The maximum Gasteiger partial charge on any atom is 0.292 e. The summed E-state index contributed by atoms with van der Waals surface area (Å²) in [5, 5.41) is 13.7.